The zero-order valence-corrected chi connectivity index (χ0v) is 10.6. The summed E-state index contributed by atoms with van der Waals surface area (Å²) in [5, 5.41) is 7.32. The first-order valence-corrected chi connectivity index (χ1v) is 6.65. The number of carbonyl (C=O) groups excluding carboxylic acids is 1. The lowest BCUT2D eigenvalue weighted by atomic mass is 10.1. The van der Waals surface area contributed by atoms with Gasteiger partial charge in [-0.2, -0.15) is 11.3 Å². The van der Waals surface area contributed by atoms with Crippen molar-refractivity contribution in [1.29, 1.82) is 0 Å². The van der Waals surface area contributed by atoms with Gasteiger partial charge in [0.15, 0.2) is 0 Å². The summed E-state index contributed by atoms with van der Waals surface area (Å²) < 4.78 is 0. The topological polar surface area (TPSA) is 32.3 Å². The fourth-order valence-electron chi connectivity index (χ4n) is 2.27. The van der Waals surface area contributed by atoms with E-state index in [0.717, 1.165) is 19.4 Å². The third-order valence-electron chi connectivity index (χ3n) is 3.23. The van der Waals surface area contributed by atoms with Crippen molar-refractivity contribution in [2.24, 2.45) is 0 Å². The van der Waals surface area contributed by atoms with Crippen molar-refractivity contribution >= 4 is 17.2 Å². The fourth-order valence-corrected chi connectivity index (χ4v) is 2.95. The number of carbonyl (C=O) groups is 1. The molecule has 1 aromatic rings. The standard InChI is InChI=1S/C12H18N2OS/c1-9(7-10-4-6-16-8-10)14-5-3-11(13-2)12(14)15/h4,6,8-9,11,13H,3,5,7H2,1-2H3. The van der Waals surface area contributed by atoms with Crippen LogP contribution in [0.2, 0.25) is 0 Å². The molecule has 0 spiro atoms. The maximum Gasteiger partial charge on any atom is 0.240 e. The van der Waals surface area contributed by atoms with Crippen molar-refractivity contribution in [3.63, 3.8) is 0 Å². The molecule has 16 heavy (non-hydrogen) atoms. The van der Waals surface area contributed by atoms with E-state index in [0.29, 0.717) is 6.04 Å². The van der Waals surface area contributed by atoms with E-state index in [-0.39, 0.29) is 11.9 Å². The maximum absolute atomic E-state index is 12.0. The molecular formula is C12H18N2OS. The fraction of sp³-hybridized carbons (Fsp3) is 0.583. The molecule has 2 heterocycles. The van der Waals surface area contributed by atoms with Crippen LogP contribution >= 0.6 is 11.3 Å². The number of nitrogens with one attached hydrogen (secondary N) is 1. The van der Waals surface area contributed by atoms with Gasteiger partial charge >= 0.3 is 0 Å². The zero-order chi connectivity index (χ0) is 11.5. The van der Waals surface area contributed by atoms with Crippen molar-refractivity contribution in [1.82, 2.24) is 10.2 Å². The van der Waals surface area contributed by atoms with Gasteiger partial charge in [0, 0.05) is 12.6 Å². The Kier molecular flexibility index (Phi) is 3.61. The van der Waals surface area contributed by atoms with Gasteiger partial charge in [-0.05, 0) is 49.2 Å². The van der Waals surface area contributed by atoms with Crippen LogP contribution in [0.25, 0.3) is 0 Å². The smallest absolute Gasteiger partial charge is 0.240 e. The SMILES string of the molecule is CNC1CCN(C(C)Cc2ccsc2)C1=O. The molecule has 0 saturated carbocycles. The van der Waals surface area contributed by atoms with Gasteiger partial charge in [-0.1, -0.05) is 0 Å². The molecule has 0 aliphatic carbocycles. The molecule has 2 rings (SSSR count). The summed E-state index contributed by atoms with van der Waals surface area (Å²) in [6.07, 6.45) is 1.90. The molecular weight excluding hydrogens is 220 g/mol. The van der Waals surface area contributed by atoms with Gasteiger partial charge in [-0.3, -0.25) is 4.79 Å². The quantitative estimate of drug-likeness (QED) is 0.862. The van der Waals surface area contributed by atoms with Gasteiger partial charge in [0.25, 0.3) is 0 Å². The van der Waals surface area contributed by atoms with Crippen LogP contribution in [0.1, 0.15) is 18.9 Å². The predicted octanol–water partition coefficient (Wildman–Crippen LogP) is 1.50. The average molecular weight is 238 g/mol. The highest BCUT2D eigenvalue weighted by Crippen LogP contribution is 2.18. The number of hydrogen-bond acceptors (Lipinski definition) is 3. The van der Waals surface area contributed by atoms with Gasteiger partial charge in [0.2, 0.25) is 5.91 Å². The Morgan fingerprint density at radius 2 is 2.50 bits per heavy atom. The lowest BCUT2D eigenvalue weighted by Gasteiger charge is -2.24. The summed E-state index contributed by atoms with van der Waals surface area (Å²) in [6.45, 7) is 3.02. The second-order valence-corrected chi connectivity index (χ2v) is 5.13. The van der Waals surface area contributed by atoms with Gasteiger partial charge in [-0.15, -0.1) is 0 Å². The van der Waals surface area contributed by atoms with Crippen LogP contribution in [0, 0.1) is 0 Å². The van der Waals surface area contributed by atoms with Crippen LogP contribution in [-0.2, 0) is 11.2 Å². The molecule has 3 nitrogen and oxygen atoms in total. The first kappa shape index (κ1) is 11.6. The molecule has 1 amide bonds. The molecule has 1 saturated heterocycles. The van der Waals surface area contributed by atoms with Crippen molar-refractivity contribution in [2.45, 2.75) is 31.8 Å². The highest BCUT2D eigenvalue weighted by molar-refractivity contribution is 7.07. The van der Waals surface area contributed by atoms with Crippen molar-refractivity contribution < 1.29 is 4.79 Å². The van der Waals surface area contributed by atoms with Gasteiger partial charge < -0.3 is 10.2 Å². The van der Waals surface area contributed by atoms with Crippen LogP contribution < -0.4 is 5.32 Å². The molecule has 1 aromatic heterocycles. The van der Waals surface area contributed by atoms with Crippen molar-refractivity contribution in [3.8, 4) is 0 Å². The minimum atomic E-state index is 0.0323. The normalized spacial score (nSPS) is 22.8. The van der Waals surface area contributed by atoms with E-state index < -0.39 is 0 Å². The number of likely N-dealkylation sites (N-methyl/N-ethyl adjacent to an activating group) is 1. The zero-order valence-electron chi connectivity index (χ0n) is 9.77. The molecule has 1 aliphatic rings. The monoisotopic (exact) mass is 238 g/mol. The van der Waals surface area contributed by atoms with Crippen LogP contribution in [-0.4, -0.2) is 36.5 Å². The summed E-state index contributed by atoms with van der Waals surface area (Å²) in [5.41, 5.74) is 1.33. The molecule has 0 radical (unpaired) electrons. The molecule has 0 aromatic carbocycles. The largest absolute Gasteiger partial charge is 0.338 e. The first-order chi connectivity index (χ1) is 7.72. The number of thiophene rings is 1. The minimum Gasteiger partial charge on any atom is -0.338 e. The number of amides is 1. The minimum absolute atomic E-state index is 0.0323. The van der Waals surface area contributed by atoms with Gasteiger partial charge in [0.1, 0.15) is 0 Å². The van der Waals surface area contributed by atoms with Crippen LogP contribution in [0.15, 0.2) is 16.8 Å². The third kappa shape index (κ3) is 2.28. The summed E-state index contributed by atoms with van der Waals surface area (Å²) >= 11 is 1.71. The van der Waals surface area contributed by atoms with Crippen molar-refractivity contribution in [2.75, 3.05) is 13.6 Å². The summed E-state index contributed by atoms with van der Waals surface area (Å²) in [6, 6.07) is 2.47. The van der Waals surface area contributed by atoms with E-state index in [1.807, 2.05) is 11.9 Å². The van der Waals surface area contributed by atoms with Gasteiger partial charge in [-0.25, -0.2) is 0 Å². The van der Waals surface area contributed by atoms with E-state index >= 15 is 0 Å². The number of likely N-dealkylation sites (tertiary alicyclic amines) is 1. The van der Waals surface area contributed by atoms with Crippen molar-refractivity contribution in [3.05, 3.63) is 22.4 Å². The highest BCUT2D eigenvalue weighted by Gasteiger charge is 2.32. The first-order valence-electron chi connectivity index (χ1n) is 5.71. The molecule has 2 unspecified atom stereocenters. The average Bonchev–Trinajstić information content (AvgIpc) is 2.87. The van der Waals surface area contributed by atoms with Gasteiger partial charge in [0.05, 0.1) is 6.04 Å². The van der Waals surface area contributed by atoms with Crippen LogP contribution in [0.4, 0.5) is 0 Å². The Bertz CT molecular complexity index is 350. The predicted molar refractivity (Wildman–Crippen MR) is 66.7 cm³/mol. The van der Waals surface area contributed by atoms with Crippen LogP contribution in [0.5, 0.6) is 0 Å². The molecule has 1 aliphatic heterocycles. The molecule has 1 N–H and O–H groups in total. The number of hydrogen-bond donors (Lipinski definition) is 1. The second kappa shape index (κ2) is 4.97. The number of rotatable bonds is 4. The molecule has 2 atom stereocenters. The van der Waals surface area contributed by atoms with E-state index in [1.54, 1.807) is 11.3 Å². The Labute approximate surface area is 100 Å². The third-order valence-corrected chi connectivity index (χ3v) is 3.96. The molecule has 4 heteroatoms. The lowest BCUT2D eigenvalue weighted by Crippen LogP contribution is -2.41. The summed E-state index contributed by atoms with van der Waals surface area (Å²) in [4.78, 5) is 14.0. The summed E-state index contributed by atoms with van der Waals surface area (Å²) in [5.74, 6) is 0.255. The van der Waals surface area contributed by atoms with E-state index in [2.05, 4.69) is 29.1 Å². The highest BCUT2D eigenvalue weighted by atomic mass is 32.1. The van der Waals surface area contributed by atoms with E-state index in [9.17, 15) is 4.79 Å². The molecule has 0 bridgehead atoms. The van der Waals surface area contributed by atoms with Crippen LogP contribution in [0.3, 0.4) is 0 Å². The van der Waals surface area contributed by atoms with E-state index in [1.165, 1.54) is 5.56 Å². The Morgan fingerprint density at radius 3 is 3.06 bits per heavy atom. The van der Waals surface area contributed by atoms with E-state index in [4.69, 9.17) is 0 Å². The Hall–Kier alpha value is -0.870. The number of nitrogens with zero attached hydrogens (tertiary/aromatic N) is 1. The maximum atomic E-state index is 12.0. The lowest BCUT2D eigenvalue weighted by molar-refractivity contribution is -0.130. The molecule has 88 valence electrons. The summed E-state index contributed by atoms with van der Waals surface area (Å²) in [7, 11) is 1.86. The Morgan fingerprint density at radius 1 is 1.69 bits per heavy atom. The molecule has 1 fully saturated rings. The Balaban J connectivity index is 1.95. The second-order valence-electron chi connectivity index (χ2n) is 4.35.